The van der Waals surface area contributed by atoms with Crippen LogP contribution in [-0.4, -0.2) is 65.9 Å². The summed E-state index contributed by atoms with van der Waals surface area (Å²) in [6.07, 6.45) is -2.98. The predicted molar refractivity (Wildman–Crippen MR) is 137 cm³/mol. The number of anilines is 2. The first-order chi connectivity index (χ1) is 18.0. The summed E-state index contributed by atoms with van der Waals surface area (Å²) in [4.78, 5) is 21.1. The molecule has 2 fully saturated rings. The van der Waals surface area contributed by atoms with Gasteiger partial charge < -0.3 is 24.3 Å². The summed E-state index contributed by atoms with van der Waals surface area (Å²) in [5, 5.41) is 2.59. The largest absolute Gasteiger partial charge is 0.389 e. The van der Waals surface area contributed by atoms with E-state index in [-0.39, 0.29) is 25.2 Å². The van der Waals surface area contributed by atoms with E-state index in [0.717, 1.165) is 46.9 Å². The number of hydrogen-bond donors (Lipinski definition) is 1. The number of fused-ring (bicyclic) bond motifs is 1. The minimum atomic E-state index is -4.28. The summed E-state index contributed by atoms with van der Waals surface area (Å²) in [6.45, 7) is 8.61. The second kappa shape index (κ2) is 10.1. The number of aromatic nitrogens is 2. The summed E-state index contributed by atoms with van der Waals surface area (Å²) in [6, 6.07) is 4.39. The molecule has 0 radical (unpaired) electrons. The molecule has 4 heterocycles. The van der Waals surface area contributed by atoms with E-state index in [1.807, 2.05) is 30.5 Å². The summed E-state index contributed by atoms with van der Waals surface area (Å²) < 4.78 is 60.8. The van der Waals surface area contributed by atoms with Gasteiger partial charge in [0.1, 0.15) is 5.82 Å². The summed E-state index contributed by atoms with van der Waals surface area (Å²) in [5.74, 6) is -1.25. The Kier molecular flexibility index (Phi) is 6.97. The third-order valence-electron chi connectivity index (χ3n) is 7.49. The quantitative estimate of drug-likeness (QED) is 0.437. The zero-order valence-electron chi connectivity index (χ0n) is 21.7. The molecule has 2 aliphatic rings. The Bertz CT molecular complexity index is 1360. The van der Waals surface area contributed by atoms with Crippen molar-refractivity contribution >= 4 is 23.1 Å². The van der Waals surface area contributed by atoms with Gasteiger partial charge in [-0.3, -0.25) is 0 Å². The Balaban J connectivity index is 1.46. The Morgan fingerprint density at radius 2 is 1.87 bits per heavy atom. The molecule has 204 valence electrons. The van der Waals surface area contributed by atoms with Gasteiger partial charge in [0.2, 0.25) is 0 Å². The average Bonchev–Trinajstić information content (AvgIpc) is 3.43. The van der Waals surface area contributed by atoms with Crippen molar-refractivity contribution in [3.63, 3.8) is 0 Å². The first kappa shape index (κ1) is 26.3. The van der Waals surface area contributed by atoms with Gasteiger partial charge in [-0.2, -0.15) is 13.2 Å². The normalized spacial score (nSPS) is 18.4. The van der Waals surface area contributed by atoms with E-state index in [9.17, 15) is 22.4 Å². The van der Waals surface area contributed by atoms with Crippen LogP contribution >= 0.6 is 0 Å². The number of amides is 2. The number of ether oxygens (including phenoxy) is 1. The van der Waals surface area contributed by atoms with Gasteiger partial charge in [0.05, 0.1) is 30.3 Å². The van der Waals surface area contributed by atoms with Crippen LogP contribution in [0.15, 0.2) is 24.4 Å². The van der Waals surface area contributed by atoms with Crippen molar-refractivity contribution in [3.8, 4) is 11.1 Å². The second-order valence-corrected chi connectivity index (χ2v) is 10.2. The molecule has 2 saturated heterocycles. The van der Waals surface area contributed by atoms with Crippen LogP contribution in [-0.2, 0) is 4.74 Å². The zero-order chi connectivity index (χ0) is 27.2. The van der Waals surface area contributed by atoms with Gasteiger partial charge in [0.25, 0.3) is 0 Å². The molecule has 2 aliphatic heterocycles. The zero-order valence-corrected chi connectivity index (χ0v) is 21.7. The first-order valence-corrected chi connectivity index (χ1v) is 12.8. The second-order valence-electron chi connectivity index (χ2n) is 10.2. The molecule has 1 aromatic carbocycles. The number of hydrogen-bond acceptors (Lipinski definition) is 4. The predicted octanol–water partition coefficient (Wildman–Crippen LogP) is 5.71. The van der Waals surface area contributed by atoms with Gasteiger partial charge in [0, 0.05) is 50.1 Å². The van der Waals surface area contributed by atoms with E-state index in [1.54, 1.807) is 13.0 Å². The molecule has 0 saturated carbocycles. The molecule has 0 unspecified atom stereocenters. The van der Waals surface area contributed by atoms with Crippen molar-refractivity contribution in [1.29, 1.82) is 0 Å². The highest BCUT2D eigenvalue weighted by atomic mass is 19.4. The fourth-order valence-corrected chi connectivity index (χ4v) is 5.32. The third-order valence-corrected chi connectivity index (χ3v) is 7.49. The number of nitrogens with one attached hydrogen (secondary N) is 1. The first-order valence-electron chi connectivity index (χ1n) is 12.8. The lowest BCUT2D eigenvalue weighted by Crippen LogP contribution is -2.36. The number of morpholine rings is 1. The Morgan fingerprint density at radius 3 is 2.58 bits per heavy atom. The van der Waals surface area contributed by atoms with Crippen molar-refractivity contribution < 1.29 is 27.1 Å². The van der Waals surface area contributed by atoms with Crippen molar-refractivity contribution in [2.75, 3.05) is 49.6 Å². The van der Waals surface area contributed by atoms with E-state index >= 15 is 0 Å². The fourth-order valence-electron chi connectivity index (χ4n) is 5.32. The lowest BCUT2D eigenvalue weighted by atomic mass is 10.00. The van der Waals surface area contributed by atoms with Gasteiger partial charge >= 0.3 is 12.2 Å². The number of urea groups is 1. The molecule has 2 aromatic heterocycles. The molecule has 11 heteroatoms. The van der Waals surface area contributed by atoms with E-state index in [1.165, 1.54) is 11.0 Å². The molecule has 1 N–H and O–H groups in total. The standard InChI is InChI=1S/C27H31F4N5O2/c1-16-10-22(28)23(33-26(37)35-5-4-19(14-35)13-27(29,30)31)12-21(16)20-11-24(34-6-8-38-9-7-34)25-32-17(2)18(3)36(25)15-20/h10-12,15,19H,4-9,13-14H2,1-3H3,(H,33,37)/t19-/m0/s1. The molecule has 3 aromatic rings. The number of halogens is 4. The van der Waals surface area contributed by atoms with Crippen molar-refractivity contribution in [2.24, 2.45) is 5.92 Å². The number of alkyl halides is 3. The fraction of sp³-hybridized carbons (Fsp3) is 0.481. The van der Waals surface area contributed by atoms with Crippen LogP contribution in [0.1, 0.15) is 29.8 Å². The lowest BCUT2D eigenvalue weighted by Gasteiger charge is -2.29. The van der Waals surface area contributed by atoms with Crippen LogP contribution in [0.5, 0.6) is 0 Å². The number of aryl methyl sites for hydroxylation is 3. The summed E-state index contributed by atoms with van der Waals surface area (Å²) in [5.41, 5.74) is 5.93. The molecule has 0 bridgehead atoms. The van der Waals surface area contributed by atoms with Gasteiger partial charge in [-0.1, -0.05) is 0 Å². The van der Waals surface area contributed by atoms with Crippen LogP contribution in [0.4, 0.5) is 33.7 Å². The minimum absolute atomic E-state index is 0.00941. The highest BCUT2D eigenvalue weighted by Gasteiger charge is 2.36. The number of carbonyl (C=O) groups is 1. The van der Waals surface area contributed by atoms with E-state index in [2.05, 4.69) is 10.2 Å². The highest BCUT2D eigenvalue weighted by molar-refractivity contribution is 5.91. The summed E-state index contributed by atoms with van der Waals surface area (Å²) in [7, 11) is 0. The SMILES string of the molecule is Cc1cc(F)c(NC(=O)N2CC[C@@H](CC(F)(F)F)C2)cc1-c1cc(N2CCOCC2)c2nc(C)c(C)n2c1. The minimum Gasteiger partial charge on any atom is -0.378 e. The molecule has 2 amide bonds. The van der Waals surface area contributed by atoms with Gasteiger partial charge in [0.15, 0.2) is 5.65 Å². The molecule has 7 nitrogen and oxygen atoms in total. The number of carbonyl (C=O) groups excluding carboxylic acids is 1. The van der Waals surface area contributed by atoms with Crippen molar-refractivity contribution in [3.05, 3.63) is 47.2 Å². The molecule has 38 heavy (non-hydrogen) atoms. The van der Waals surface area contributed by atoms with Crippen molar-refractivity contribution in [1.82, 2.24) is 14.3 Å². The van der Waals surface area contributed by atoms with E-state index < -0.39 is 30.4 Å². The summed E-state index contributed by atoms with van der Waals surface area (Å²) >= 11 is 0. The lowest BCUT2D eigenvalue weighted by molar-refractivity contribution is -0.143. The van der Waals surface area contributed by atoms with E-state index in [0.29, 0.717) is 18.8 Å². The number of nitrogens with zero attached hydrogens (tertiary/aromatic N) is 4. The van der Waals surface area contributed by atoms with Crippen LogP contribution in [0, 0.1) is 32.5 Å². The molecular weight excluding hydrogens is 502 g/mol. The number of likely N-dealkylation sites (tertiary alicyclic amines) is 1. The number of benzene rings is 1. The van der Waals surface area contributed by atoms with E-state index in [4.69, 9.17) is 9.72 Å². The van der Waals surface area contributed by atoms with Gasteiger partial charge in [-0.15, -0.1) is 0 Å². The number of imidazole rings is 1. The number of pyridine rings is 1. The maximum Gasteiger partial charge on any atom is 0.389 e. The smallest absolute Gasteiger partial charge is 0.378 e. The maximum absolute atomic E-state index is 15.0. The van der Waals surface area contributed by atoms with Gasteiger partial charge in [-0.05, 0) is 62.4 Å². The molecule has 0 spiro atoms. The Labute approximate surface area is 218 Å². The highest BCUT2D eigenvalue weighted by Crippen LogP contribution is 2.35. The topological polar surface area (TPSA) is 62.1 Å². The Hall–Kier alpha value is -3.34. The number of rotatable bonds is 4. The van der Waals surface area contributed by atoms with Gasteiger partial charge in [-0.25, -0.2) is 14.2 Å². The average molecular weight is 534 g/mol. The molecule has 0 aliphatic carbocycles. The monoisotopic (exact) mass is 533 g/mol. The Morgan fingerprint density at radius 1 is 1.13 bits per heavy atom. The van der Waals surface area contributed by atoms with Crippen LogP contribution in [0.25, 0.3) is 16.8 Å². The maximum atomic E-state index is 15.0. The van der Waals surface area contributed by atoms with Crippen LogP contribution < -0.4 is 10.2 Å². The van der Waals surface area contributed by atoms with Crippen molar-refractivity contribution in [2.45, 2.75) is 39.8 Å². The van der Waals surface area contributed by atoms with Crippen LogP contribution in [0.3, 0.4) is 0 Å². The van der Waals surface area contributed by atoms with Crippen LogP contribution in [0.2, 0.25) is 0 Å². The molecular formula is C27H31F4N5O2. The molecule has 5 rings (SSSR count). The molecule has 1 atom stereocenters. The third kappa shape index (κ3) is 5.29.